The van der Waals surface area contributed by atoms with Gasteiger partial charge in [-0.25, -0.2) is 8.42 Å². The second-order valence-electron chi connectivity index (χ2n) is 4.97. The van der Waals surface area contributed by atoms with E-state index in [2.05, 4.69) is 5.32 Å². The Bertz CT molecular complexity index is 689. The van der Waals surface area contributed by atoms with E-state index < -0.39 is 16.1 Å². The van der Waals surface area contributed by atoms with Gasteiger partial charge in [-0.05, 0) is 24.1 Å². The van der Waals surface area contributed by atoms with E-state index in [9.17, 15) is 18.3 Å². The standard InChI is InChI=1S/C12H13ClN2O4S/c13-9-5-10-7(4-12(17)14-10)3-11(9)20(18,19)15-2-1-8(16)6-15/h3,5,8,16H,1-2,4,6H2,(H,14,17)/t8-/m1/s1. The number of rotatable bonds is 2. The molecule has 0 radical (unpaired) electrons. The summed E-state index contributed by atoms with van der Waals surface area (Å²) in [5.74, 6) is -0.179. The number of anilines is 1. The van der Waals surface area contributed by atoms with Crippen LogP contribution in [0.25, 0.3) is 0 Å². The van der Waals surface area contributed by atoms with Crippen LogP contribution in [-0.2, 0) is 21.2 Å². The van der Waals surface area contributed by atoms with E-state index >= 15 is 0 Å². The Kier molecular flexibility index (Phi) is 3.24. The quantitative estimate of drug-likeness (QED) is 0.836. The van der Waals surface area contributed by atoms with Crippen LogP contribution < -0.4 is 5.32 Å². The number of carbonyl (C=O) groups excluding carboxylic acids is 1. The van der Waals surface area contributed by atoms with Gasteiger partial charge in [0.05, 0.1) is 17.5 Å². The number of nitrogens with zero attached hydrogens (tertiary/aromatic N) is 1. The highest BCUT2D eigenvalue weighted by molar-refractivity contribution is 7.89. The van der Waals surface area contributed by atoms with Crippen LogP contribution in [0.4, 0.5) is 5.69 Å². The summed E-state index contributed by atoms with van der Waals surface area (Å²) in [5, 5.41) is 12.2. The van der Waals surface area contributed by atoms with Crippen molar-refractivity contribution in [1.29, 1.82) is 0 Å². The fourth-order valence-corrected chi connectivity index (χ4v) is 4.54. The number of amides is 1. The zero-order valence-corrected chi connectivity index (χ0v) is 12.0. The zero-order valence-electron chi connectivity index (χ0n) is 10.5. The van der Waals surface area contributed by atoms with Gasteiger partial charge < -0.3 is 10.4 Å². The third-order valence-electron chi connectivity index (χ3n) is 3.53. The van der Waals surface area contributed by atoms with Crippen LogP contribution in [0.2, 0.25) is 5.02 Å². The lowest BCUT2D eigenvalue weighted by Crippen LogP contribution is -2.30. The minimum atomic E-state index is -3.74. The van der Waals surface area contributed by atoms with Crippen molar-refractivity contribution in [3.63, 3.8) is 0 Å². The van der Waals surface area contributed by atoms with E-state index in [-0.39, 0.29) is 35.3 Å². The largest absolute Gasteiger partial charge is 0.392 e. The summed E-state index contributed by atoms with van der Waals surface area (Å²) in [6.07, 6.45) is -0.0688. The lowest BCUT2D eigenvalue weighted by molar-refractivity contribution is -0.115. The highest BCUT2D eigenvalue weighted by atomic mass is 35.5. The number of carbonyl (C=O) groups is 1. The van der Waals surface area contributed by atoms with Crippen LogP contribution in [-0.4, -0.2) is 42.9 Å². The Labute approximate surface area is 121 Å². The van der Waals surface area contributed by atoms with E-state index in [1.54, 1.807) is 0 Å². The van der Waals surface area contributed by atoms with Gasteiger partial charge in [0.2, 0.25) is 15.9 Å². The molecule has 8 heteroatoms. The molecule has 1 aromatic carbocycles. The number of benzene rings is 1. The number of sulfonamides is 1. The number of β-amino-alcohol motifs (C(OH)–C–C–N with tert-alkyl or cyclic N) is 1. The maximum absolute atomic E-state index is 12.5. The van der Waals surface area contributed by atoms with Gasteiger partial charge in [-0.15, -0.1) is 0 Å². The van der Waals surface area contributed by atoms with Crippen molar-refractivity contribution < 1.29 is 18.3 Å². The SMILES string of the molecule is O=C1Cc2cc(S(=O)(=O)N3CC[C@@H](O)C3)c(Cl)cc2N1. The van der Waals surface area contributed by atoms with Gasteiger partial charge in [0.1, 0.15) is 4.90 Å². The highest BCUT2D eigenvalue weighted by Gasteiger charge is 2.34. The smallest absolute Gasteiger partial charge is 0.244 e. The van der Waals surface area contributed by atoms with Crippen LogP contribution in [0.3, 0.4) is 0 Å². The van der Waals surface area contributed by atoms with E-state index in [4.69, 9.17) is 11.6 Å². The first-order valence-electron chi connectivity index (χ1n) is 6.18. The topological polar surface area (TPSA) is 86.7 Å². The van der Waals surface area contributed by atoms with Crippen molar-refractivity contribution in [1.82, 2.24) is 4.31 Å². The molecule has 3 rings (SSSR count). The molecule has 2 heterocycles. The Morgan fingerprint density at radius 2 is 2.15 bits per heavy atom. The van der Waals surface area contributed by atoms with Crippen LogP contribution in [0.1, 0.15) is 12.0 Å². The molecular weight excluding hydrogens is 304 g/mol. The van der Waals surface area contributed by atoms with Gasteiger partial charge in [-0.1, -0.05) is 11.6 Å². The molecule has 0 unspecified atom stereocenters. The molecule has 1 atom stereocenters. The molecule has 1 aromatic rings. The number of nitrogens with one attached hydrogen (secondary N) is 1. The fraction of sp³-hybridized carbons (Fsp3) is 0.417. The van der Waals surface area contributed by atoms with E-state index in [1.165, 1.54) is 16.4 Å². The van der Waals surface area contributed by atoms with Crippen LogP contribution in [0.15, 0.2) is 17.0 Å². The number of fused-ring (bicyclic) bond motifs is 1. The summed E-state index contributed by atoms with van der Waals surface area (Å²) in [5.41, 5.74) is 1.18. The predicted molar refractivity (Wildman–Crippen MR) is 73.2 cm³/mol. The minimum Gasteiger partial charge on any atom is -0.392 e. The van der Waals surface area contributed by atoms with Crippen molar-refractivity contribution in [3.05, 3.63) is 22.7 Å². The summed E-state index contributed by atoms with van der Waals surface area (Å²) >= 11 is 6.04. The van der Waals surface area contributed by atoms with Gasteiger partial charge in [0.15, 0.2) is 0 Å². The molecule has 0 bridgehead atoms. The Hall–Kier alpha value is -1.15. The number of halogens is 1. The Morgan fingerprint density at radius 3 is 2.80 bits per heavy atom. The molecule has 0 saturated carbocycles. The maximum Gasteiger partial charge on any atom is 0.244 e. The summed E-state index contributed by atoms with van der Waals surface area (Å²) in [7, 11) is -3.74. The summed E-state index contributed by atoms with van der Waals surface area (Å²) in [4.78, 5) is 11.3. The number of aliphatic hydroxyl groups is 1. The lowest BCUT2D eigenvalue weighted by Gasteiger charge is -2.17. The summed E-state index contributed by atoms with van der Waals surface area (Å²) in [6.45, 7) is 0.348. The third-order valence-corrected chi connectivity index (χ3v) is 5.86. The fourth-order valence-electron chi connectivity index (χ4n) is 2.49. The Balaban J connectivity index is 2.02. The molecular formula is C12H13ClN2O4S. The van der Waals surface area contributed by atoms with Crippen molar-refractivity contribution in [2.24, 2.45) is 0 Å². The molecule has 20 heavy (non-hydrogen) atoms. The molecule has 0 spiro atoms. The highest BCUT2D eigenvalue weighted by Crippen LogP contribution is 2.34. The molecule has 6 nitrogen and oxygen atoms in total. The van der Waals surface area contributed by atoms with Crippen molar-refractivity contribution in [2.75, 3.05) is 18.4 Å². The van der Waals surface area contributed by atoms with Gasteiger partial charge >= 0.3 is 0 Å². The molecule has 2 aliphatic rings. The first-order valence-corrected chi connectivity index (χ1v) is 8.00. The second kappa shape index (κ2) is 4.70. The van der Waals surface area contributed by atoms with E-state index in [1.807, 2.05) is 0 Å². The normalized spacial score (nSPS) is 22.9. The average molecular weight is 317 g/mol. The lowest BCUT2D eigenvalue weighted by atomic mass is 10.2. The maximum atomic E-state index is 12.5. The molecule has 0 aromatic heterocycles. The Morgan fingerprint density at radius 1 is 1.40 bits per heavy atom. The second-order valence-corrected chi connectivity index (χ2v) is 7.28. The van der Waals surface area contributed by atoms with Crippen molar-refractivity contribution in [3.8, 4) is 0 Å². The van der Waals surface area contributed by atoms with Crippen LogP contribution in [0, 0.1) is 0 Å². The number of hydrogen-bond donors (Lipinski definition) is 2. The van der Waals surface area contributed by atoms with Gasteiger partial charge in [0.25, 0.3) is 0 Å². The zero-order chi connectivity index (χ0) is 14.5. The van der Waals surface area contributed by atoms with E-state index in [0.717, 1.165) is 0 Å². The molecule has 1 saturated heterocycles. The molecule has 2 N–H and O–H groups in total. The van der Waals surface area contributed by atoms with E-state index in [0.29, 0.717) is 17.7 Å². The first kappa shape index (κ1) is 13.8. The van der Waals surface area contributed by atoms with Gasteiger partial charge in [0, 0.05) is 18.8 Å². The first-order chi connectivity index (χ1) is 9.38. The number of aliphatic hydroxyl groups excluding tert-OH is 1. The number of hydrogen-bond acceptors (Lipinski definition) is 4. The van der Waals surface area contributed by atoms with Crippen LogP contribution >= 0.6 is 11.6 Å². The summed E-state index contributed by atoms with van der Waals surface area (Å²) in [6, 6.07) is 2.90. The van der Waals surface area contributed by atoms with Crippen LogP contribution in [0.5, 0.6) is 0 Å². The summed E-state index contributed by atoms with van der Waals surface area (Å²) < 4.78 is 26.2. The molecule has 1 fully saturated rings. The molecule has 1 amide bonds. The van der Waals surface area contributed by atoms with Crippen molar-refractivity contribution in [2.45, 2.75) is 23.8 Å². The van der Waals surface area contributed by atoms with Gasteiger partial charge in [-0.3, -0.25) is 4.79 Å². The monoisotopic (exact) mass is 316 g/mol. The third kappa shape index (κ3) is 2.20. The van der Waals surface area contributed by atoms with Gasteiger partial charge in [-0.2, -0.15) is 4.31 Å². The predicted octanol–water partition coefficient (Wildman–Crippen LogP) is 0.590. The molecule has 2 aliphatic heterocycles. The molecule has 108 valence electrons. The average Bonchev–Trinajstić information content (AvgIpc) is 2.93. The molecule has 0 aliphatic carbocycles. The van der Waals surface area contributed by atoms with Crippen molar-refractivity contribution >= 4 is 33.2 Å². The minimum absolute atomic E-state index is 0.0106.